The van der Waals surface area contributed by atoms with E-state index in [1.807, 2.05) is 54.6 Å². The molecule has 248 valence electrons. The largest absolute Gasteiger partial charge is 0.465 e. The fourth-order valence-electron chi connectivity index (χ4n) is 7.13. The van der Waals surface area contributed by atoms with Gasteiger partial charge in [-0.3, -0.25) is 0 Å². The molecule has 2 N–H and O–H groups in total. The minimum Gasteiger partial charge on any atom is -0.465 e. The van der Waals surface area contributed by atoms with E-state index in [4.69, 9.17) is 14.7 Å². The Balaban J connectivity index is 1.45. The average Bonchev–Trinajstić information content (AvgIpc) is 4.04. The normalized spacial score (nSPS) is 11.9. The zero-order chi connectivity index (χ0) is 35.0. The van der Waals surface area contributed by atoms with Gasteiger partial charge in [0, 0.05) is 44.3 Å². The van der Waals surface area contributed by atoms with Crippen molar-refractivity contribution < 1.29 is 9.53 Å². The summed E-state index contributed by atoms with van der Waals surface area (Å²) in [6.45, 7) is 0. The third-order valence-electron chi connectivity index (χ3n) is 9.54. The summed E-state index contributed by atoms with van der Waals surface area (Å²) in [5, 5.41) is 0. The van der Waals surface area contributed by atoms with Crippen LogP contribution < -0.4 is 0 Å². The van der Waals surface area contributed by atoms with Crippen molar-refractivity contribution in [2.75, 3.05) is 7.11 Å². The quantitative estimate of drug-likeness (QED) is 0.178. The molecule has 0 radical (unpaired) electrons. The standard InChI is InChI=1S/C46H32N4O2/c1-52-46(51)33-19-17-32(18-20-33)45-40-27-25-38(49-40)43(30-13-7-3-8-14-30)36-23-21-34(47-36)42(29-11-5-2-6-12-29)35-22-24-37(48-35)44(31-15-9-4-10-16-31)39-26-28-41(45)50-39/h2-28,49-50H,1H3. The second-order valence-electron chi connectivity index (χ2n) is 12.7. The lowest BCUT2D eigenvalue weighted by Gasteiger charge is -2.07. The Morgan fingerprint density at radius 3 is 1.17 bits per heavy atom. The third kappa shape index (κ3) is 5.53. The smallest absolute Gasteiger partial charge is 0.337 e. The SMILES string of the molecule is COC(=O)c1ccc(-c2c3ccc([nH]3)c(-c3ccccc3)c3nc(c(-c4ccccc4)c4nc(c(-c5ccccc5)c5ccc2[nH]5)C=C4)C=C3)cc1. The molecule has 0 fully saturated rings. The summed E-state index contributed by atoms with van der Waals surface area (Å²) in [5.41, 5.74) is 15.5. The highest BCUT2D eigenvalue weighted by Gasteiger charge is 2.19. The molecule has 2 aliphatic rings. The van der Waals surface area contributed by atoms with E-state index in [-0.39, 0.29) is 5.97 Å². The Bertz CT molecular complexity index is 2570. The highest BCUT2D eigenvalue weighted by atomic mass is 16.5. The van der Waals surface area contributed by atoms with Crippen LogP contribution in [0.2, 0.25) is 0 Å². The van der Waals surface area contributed by atoms with E-state index >= 15 is 0 Å². The summed E-state index contributed by atoms with van der Waals surface area (Å²) >= 11 is 0. The average molecular weight is 673 g/mol. The molecule has 0 unspecified atom stereocenters. The van der Waals surface area contributed by atoms with E-state index < -0.39 is 0 Å². The molecule has 4 aromatic carbocycles. The van der Waals surface area contributed by atoms with E-state index in [9.17, 15) is 4.79 Å². The Kier molecular flexibility index (Phi) is 7.75. The van der Waals surface area contributed by atoms with Crippen LogP contribution in [0.25, 0.3) is 90.9 Å². The number of methoxy groups -OCH3 is 1. The van der Waals surface area contributed by atoms with Gasteiger partial charge in [-0.25, -0.2) is 14.8 Å². The lowest BCUT2D eigenvalue weighted by atomic mass is 10.0. The maximum absolute atomic E-state index is 12.4. The van der Waals surface area contributed by atoms with E-state index in [0.717, 1.165) is 89.4 Å². The van der Waals surface area contributed by atoms with Crippen LogP contribution in [-0.4, -0.2) is 33.0 Å². The van der Waals surface area contributed by atoms with Crippen LogP contribution in [0.4, 0.5) is 0 Å². The van der Waals surface area contributed by atoms with Crippen molar-refractivity contribution in [1.29, 1.82) is 0 Å². The predicted molar refractivity (Wildman–Crippen MR) is 212 cm³/mol. The zero-order valence-electron chi connectivity index (χ0n) is 28.3. The van der Waals surface area contributed by atoms with Crippen molar-refractivity contribution in [3.05, 3.63) is 168 Å². The van der Waals surface area contributed by atoms with Gasteiger partial charge in [0.25, 0.3) is 0 Å². The molecule has 2 aliphatic heterocycles. The fraction of sp³-hybridized carbons (Fsp3) is 0.0217. The van der Waals surface area contributed by atoms with Crippen LogP contribution in [0.3, 0.4) is 0 Å². The Hall–Kier alpha value is -7.05. The first-order valence-electron chi connectivity index (χ1n) is 17.2. The molecule has 0 atom stereocenters. The Morgan fingerprint density at radius 1 is 0.423 bits per heavy atom. The number of aromatic nitrogens is 4. The van der Waals surface area contributed by atoms with Crippen LogP contribution in [0.1, 0.15) is 33.1 Å². The van der Waals surface area contributed by atoms with Crippen LogP contribution in [0.5, 0.6) is 0 Å². The summed E-state index contributed by atoms with van der Waals surface area (Å²) in [6.07, 6.45) is 8.38. The maximum atomic E-state index is 12.4. The molecule has 7 aromatic rings. The van der Waals surface area contributed by atoms with Gasteiger partial charge >= 0.3 is 5.97 Å². The number of benzene rings is 4. The highest BCUT2D eigenvalue weighted by Crippen LogP contribution is 2.38. The minimum absolute atomic E-state index is 0.376. The van der Waals surface area contributed by atoms with Gasteiger partial charge in [0.05, 0.1) is 35.4 Å². The first-order chi connectivity index (χ1) is 25.6. The molecule has 6 heteroatoms. The number of hydrogen-bond donors (Lipinski definition) is 2. The van der Waals surface area contributed by atoms with Gasteiger partial charge in [-0.2, -0.15) is 0 Å². The van der Waals surface area contributed by atoms with Crippen molar-refractivity contribution in [3.63, 3.8) is 0 Å². The second kappa shape index (κ2) is 13.0. The molecule has 6 nitrogen and oxygen atoms in total. The van der Waals surface area contributed by atoms with Gasteiger partial charge in [-0.1, -0.05) is 103 Å². The molecule has 52 heavy (non-hydrogen) atoms. The molecular formula is C46H32N4O2. The lowest BCUT2D eigenvalue weighted by Crippen LogP contribution is -2.00. The zero-order valence-corrected chi connectivity index (χ0v) is 28.3. The third-order valence-corrected chi connectivity index (χ3v) is 9.54. The molecule has 8 bridgehead atoms. The molecule has 5 heterocycles. The fourth-order valence-corrected chi connectivity index (χ4v) is 7.13. The number of ether oxygens (including phenoxy) is 1. The second-order valence-corrected chi connectivity index (χ2v) is 12.7. The summed E-state index contributed by atoms with van der Waals surface area (Å²) in [5.74, 6) is -0.376. The van der Waals surface area contributed by atoms with Crippen LogP contribution in [-0.2, 0) is 4.74 Å². The number of nitrogens with zero attached hydrogens (tertiary/aromatic N) is 2. The van der Waals surface area contributed by atoms with E-state index in [2.05, 4.69) is 107 Å². The number of carbonyl (C=O) groups excluding carboxylic acids is 1. The molecule has 0 saturated heterocycles. The number of carbonyl (C=O) groups is 1. The minimum atomic E-state index is -0.376. The Morgan fingerprint density at radius 2 is 0.769 bits per heavy atom. The molecule has 3 aromatic heterocycles. The summed E-state index contributed by atoms with van der Waals surface area (Å²) in [6, 6.07) is 47.0. The van der Waals surface area contributed by atoms with Crippen LogP contribution >= 0.6 is 0 Å². The summed E-state index contributed by atoms with van der Waals surface area (Å²) in [4.78, 5) is 30.6. The molecule has 0 spiro atoms. The highest BCUT2D eigenvalue weighted by molar-refractivity contribution is 6.00. The first kappa shape index (κ1) is 31.0. The van der Waals surface area contributed by atoms with Crippen molar-refractivity contribution >= 4 is 52.3 Å². The van der Waals surface area contributed by atoms with Crippen LogP contribution in [0, 0.1) is 0 Å². The van der Waals surface area contributed by atoms with Crippen LogP contribution in [0.15, 0.2) is 140 Å². The number of esters is 1. The van der Waals surface area contributed by atoms with Gasteiger partial charge in [-0.05, 0) is 83.0 Å². The molecule has 0 amide bonds. The molecule has 9 rings (SSSR count). The topological polar surface area (TPSA) is 83.7 Å². The van der Waals surface area contributed by atoms with Gasteiger partial charge in [0.1, 0.15) is 0 Å². The number of fused-ring (bicyclic) bond motifs is 8. The van der Waals surface area contributed by atoms with E-state index in [0.29, 0.717) is 5.56 Å². The molecular weight excluding hydrogens is 641 g/mol. The van der Waals surface area contributed by atoms with Gasteiger partial charge in [0.2, 0.25) is 0 Å². The number of hydrogen-bond acceptors (Lipinski definition) is 4. The maximum Gasteiger partial charge on any atom is 0.337 e. The number of nitrogens with one attached hydrogen (secondary N) is 2. The number of aromatic amines is 2. The van der Waals surface area contributed by atoms with Crippen molar-refractivity contribution in [3.8, 4) is 44.5 Å². The Labute approximate surface area is 300 Å². The first-order valence-corrected chi connectivity index (χ1v) is 17.2. The lowest BCUT2D eigenvalue weighted by molar-refractivity contribution is 0.0600. The number of rotatable bonds is 5. The van der Waals surface area contributed by atoms with Crippen molar-refractivity contribution in [2.24, 2.45) is 0 Å². The van der Waals surface area contributed by atoms with Gasteiger partial charge in [-0.15, -0.1) is 0 Å². The predicted octanol–water partition coefficient (Wildman–Crippen LogP) is 11.1. The van der Waals surface area contributed by atoms with E-state index in [1.165, 1.54) is 7.11 Å². The molecule has 0 aliphatic carbocycles. The molecule has 0 saturated carbocycles. The monoisotopic (exact) mass is 672 g/mol. The summed E-state index contributed by atoms with van der Waals surface area (Å²) in [7, 11) is 1.39. The van der Waals surface area contributed by atoms with Crippen molar-refractivity contribution in [2.45, 2.75) is 0 Å². The number of H-pyrrole nitrogens is 2. The van der Waals surface area contributed by atoms with Crippen molar-refractivity contribution in [1.82, 2.24) is 19.9 Å². The van der Waals surface area contributed by atoms with Gasteiger partial charge in [0.15, 0.2) is 0 Å². The van der Waals surface area contributed by atoms with E-state index in [1.54, 1.807) is 12.1 Å². The van der Waals surface area contributed by atoms with Gasteiger partial charge < -0.3 is 14.7 Å². The summed E-state index contributed by atoms with van der Waals surface area (Å²) < 4.78 is 4.99.